The van der Waals surface area contributed by atoms with Crippen LogP contribution in [-0.2, 0) is 4.74 Å². The molecule has 4 aromatic rings. The van der Waals surface area contributed by atoms with E-state index in [-0.39, 0.29) is 17.9 Å². The van der Waals surface area contributed by atoms with Gasteiger partial charge in [0.05, 0.1) is 17.1 Å². The van der Waals surface area contributed by atoms with Crippen molar-refractivity contribution in [2.24, 2.45) is 0 Å². The van der Waals surface area contributed by atoms with Crippen molar-refractivity contribution in [1.29, 1.82) is 0 Å². The van der Waals surface area contributed by atoms with E-state index in [1.165, 1.54) is 29.8 Å². The lowest BCUT2D eigenvalue weighted by atomic mass is 10.1. The Morgan fingerprint density at radius 2 is 1.79 bits per heavy atom. The van der Waals surface area contributed by atoms with Crippen LogP contribution in [0.1, 0.15) is 24.2 Å². The second-order valence-electron chi connectivity index (χ2n) is 6.72. The van der Waals surface area contributed by atoms with Crippen LogP contribution in [0.15, 0.2) is 60.2 Å². The van der Waals surface area contributed by atoms with Gasteiger partial charge < -0.3 is 10.1 Å². The molecule has 0 unspecified atom stereocenters. The van der Waals surface area contributed by atoms with Crippen molar-refractivity contribution in [3.63, 3.8) is 0 Å². The Labute approximate surface area is 171 Å². The molecule has 2 aromatic heterocycles. The molecule has 2 aromatic carbocycles. The number of rotatable bonds is 5. The first-order valence-corrected chi connectivity index (χ1v) is 9.95. The number of nitrogens with one attached hydrogen (secondary N) is 1. The van der Waals surface area contributed by atoms with E-state index in [1.807, 2.05) is 19.2 Å². The van der Waals surface area contributed by atoms with Crippen molar-refractivity contribution in [2.45, 2.75) is 20.0 Å². The molecule has 0 aliphatic heterocycles. The van der Waals surface area contributed by atoms with E-state index in [9.17, 15) is 9.18 Å². The molecule has 7 heteroatoms. The van der Waals surface area contributed by atoms with Gasteiger partial charge in [-0.05, 0) is 55.8 Å². The molecule has 0 radical (unpaired) electrons. The fourth-order valence-electron chi connectivity index (χ4n) is 2.92. The van der Waals surface area contributed by atoms with Gasteiger partial charge in [0, 0.05) is 16.6 Å². The summed E-state index contributed by atoms with van der Waals surface area (Å²) in [7, 11) is 0. The molecule has 0 amide bonds. The Kier molecular flexibility index (Phi) is 5.22. The first-order chi connectivity index (χ1) is 14.0. The van der Waals surface area contributed by atoms with Crippen LogP contribution in [0.4, 0.5) is 15.9 Å². The third kappa shape index (κ3) is 4.09. The number of esters is 1. The lowest BCUT2D eigenvalue weighted by molar-refractivity contribution is 0.0378. The molecule has 5 nitrogen and oxygen atoms in total. The highest BCUT2D eigenvalue weighted by Crippen LogP contribution is 2.37. The average molecular weight is 407 g/mol. The fraction of sp³-hybridized carbons (Fsp3) is 0.136. The van der Waals surface area contributed by atoms with Crippen LogP contribution < -0.4 is 5.32 Å². The van der Waals surface area contributed by atoms with Gasteiger partial charge in [0.2, 0.25) is 0 Å². The lowest BCUT2D eigenvalue weighted by Gasteiger charge is -2.10. The minimum atomic E-state index is -0.354. The van der Waals surface area contributed by atoms with E-state index < -0.39 is 0 Å². The maximum Gasteiger partial charge on any atom is 0.338 e. The van der Waals surface area contributed by atoms with E-state index in [1.54, 1.807) is 36.4 Å². The second-order valence-corrected chi connectivity index (χ2v) is 7.57. The number of nitrogens with zero attached hydrogens (tertiary/aromatic N) is 2. The number of hydrogen-bond donors (Lipinski definition) is 1. The Bertz CT molecular complexity index is 1160. The third-order valence-corrected chi connectivity index (χ3v) is 5.14. The lowest BCUT2D eigenvalue weighted by Crippen LogP contribution is -2.11. The van der Waals surface area contributed by atoms with E-state index in [4.69, 9.17) is 4.74 Å². The second kappa shape index (κ2) is 7.97. The van der Waals surface area contributed by atoms with E-state index in [2.05, 4.69) is 15.3 Å². The summed E-state index contributed by atoms with van der Waals surface area (Å²) in [5.41, 5.74) is 3.09. The van der Waals surface area contributed by atoms with Gasteiger partial charge in [-0.3, -0.25) is 0 Å². The summed E-state index contributed by atoms with van der Waals surface area (Å²) in [5.74, 6) is 0.0134. The molecular weight excluding hydrogens is 389 g/mol. The topological polar surface area (TPSA) is 64.1 Å². The van der Waals surface area contributed by atoms with Crippen LogP contribution >= 0.6 is 11.3 Å². The zero-order valence-corrected chi connectivity index (χ0v) is 16.7. The molecule has 0 saturated carbocycles. The number of anilines is 2. The van der Waals surface area contributed by atoms with Crippen LogP contribution in [0.3, 0.4) is 0 Å². The largest absolute Gasteiger partial charge is 0.459 e. The quantitative estimate of drug-likeness (QED) is 0.423. The molecule has 0 fully saturated rings. The van der Waals surface area contributed by atoms with Gasteiger partial charge in [0.25, 0.3) is 0 Å². The normalized spacial score (nSPS) is 11.0. The molecule has 0 aliphatic carbocycles. The standard InChI is InChI=1S/C22H18FN3O2S/c1-13(2)28-22(27)15-5-9-17(10-6-15)26-20-19-18(11-29-21(19)25-12-24-20)14-3-7-16(23)8-4-14/h3-13H,1-2H3,(H,24,25,26). The predicted molar refractivity (Wildman–Crippen MR) is 113 cm³/mol. The summed E-state index contributed by atoms with van der Waals surface area (Å²) in [6.07, 6.45) is 1.34. The number of ether oxygens (including phenoxy) is 1. The highest BCUT2D eigenvalue weighted by Gasteiger charge is 2.14. The van der Waals surface area contributed by atoms with Crippen molar-refractivity contribution < 1.29 is 13.9 Å². The molecule has 0 aliphatic rings. The number of carbonyl (C=O) groups is 1. The number of halogens is 1. The molecular formula is C22H18FN3O2S. The van der Waals surface area contributed by atoms with E-state index in [0.717, 1.165) is 27.0 Å². The van der Waals surface area contributed by atoms with Crippen molar-refractivity contribution in [3.8, 4) is 11.1 Å². The third-order valence-electron chi connectivity index (χ3n) is 4.25. The smallest absolute Gasteiger partial charge is 0.338 e. The summed E-state index contributed by atoms with van der Waals surface area (Å²) in [4.78, 5) is 21.6. The van der Waals surface area contributed by atoms with Crippen molar-refractivity contribution >= 4 is 39.0 Å². The molecule has 4 rings (SSSR count). The zero-order chi connectivity index (χ0) is 20.4. The van der Waals surface area contributed by atoms with Crippen LogP contribution in [0.25, 0.3) is 21.3 Å². The summed E-state index contributed by atoms with van der Waals surface area (Å²) < 4.78 is 18.5. The fourth-order valence-corrected chi connectivity index (χ4v) is 3.84. The van der Waals surface area contributed by atoms with E-state index >= 15 is 0 Å². The van der Waals surface area contributed by atoms with Crippen LogP contribution in [-0.4, -0.2) is 22.0 Å². The van der Waals surface area contributed by atoms with Gasteiger partial charge >= 0.3 is 5.97 Å². The number of carbonyl (C=O) groups excluding carboxylic acids is 1. The number of benzene rings is 2. The summed E-state index contributed by atoms with van der Waals surface area (Å²) in [6, 6.07) is 13.4. The van der Waals surface area contributed by atoms with Gasteiger partial charge in [-0.25, -0.2) is 19.2 Å². The molecule has 1 N–H and O–H groups in total. The molecule has 0 spiro atoms. The summed E-state index contributed by atoms with van der Waals surface area (Å²) in [5, 5.41) is 6.15. The Morgan fingerprint density at radius 1 is 1.07 bits per heavy atom. The average Bonchev–Trinajstić information content (AvgIpc) is 3.14. The zero-order valence-electron chi connectivity index (χ0n) is 15.8. The minimum absolute atomic E-state index is 0.168. The van der Waals surface area contributed by atoms with Crippen LogP contribution in [0.5, 0.6) is 0 Å². The highest BCUT2D eigenvalue weighted by atomic mass is 32.1. The highest BCUT2D eigenvalue weighted by molar-refractivity contribution is 7.17. The monoisotopic (exact) mass is 407 g/mol. The van der Waals surface area contributed by atoms with Gasteiger partial charge in [0.1, 0.15) is 22.8 Å². The number of fused-ring (bicyclic) bond motifs is 1. The van der Waals surface area contributed by atoms with Crippen molar-refractivity contribution in [1.82, 2.24) is 9.97 Å². The number of thiophene rings is 1. The number of aromatic nitrogens is 2. The molecule has 0 bridgehead atoms. The predicted octanol–water partition coefficient (Wildman–Crippen LogP) is 5.81. The first-order valence-electron chi connectivity index (χ1n) is 9.07. The van der Waals surface area contributed by atoms with Crippen LogP contribution in [0.2, 0.25) is 0 Å². The molecule has 146 valence electrons. The van der Waals surface area contributed by atoms with E-state index in [0.29, 0.717) is 11.4 Å². The van der Waals surface area contributed by atoms with Gasteiger partial charge in [-0.2, -0.15) is 0 Å². The van der Waals surface area contributed by atoms with Gasteiger partial charge in [-0.1, -0.05) is 12.1 Å². The number of hydrogen-bond acceptors (Lipinski definition) is 6. The molecule has 29 heavy (non-hydrogen) atoms. The van der Waals surface area contributed by atoms with Crippen molar-refractivity contribution in [2.75, 3.05) is 5.32 Å². The Morgan fingerprint density at radius 3 is 2.48 bits per heavy atom. The van der Waals surface area contributed by atoms with Crippen molar-refractivity contribution in [3.05, 3.63) is 71.6 Å². The summed E-state index contributed by atoms with van der Waals surface area (Å²) >= 11 is 1.50. The molecule has 0 saturated heterocycles. The van der Waals surface area contributed by atoms with Crippen LogP contribution in [0, 0.1) is 5.82 Å². The maximum atomic E-state index is 13.3. The Hall–Kier alpha value is -3.32. The Balaban J connectivity index is 1.65. The minimum Gasteiger partial charge on any atom is -0.459 e. The first kappa shape index (κ1) is 19.0. The van der Waals surface area contributed by atoms with Gasteiger partial charge in [0.15, 0.2) is 0 Å². The van der Waals surface area contributed by atoms with Gasteiger partial charge in [-0.15, -0.1) is 11.3 Å². The summed E-state index contributed by atoms with van der Waals surface area (Å²) in [6.45, 7) is 3.63. The SMILES string of the molecule is CC(C)OC(=O)c1ccc(Nc2ncnc3scc(-c4ccc(F)cc4)c23)cc1. The maximum absolute atomic E-state index is 13.3. The molecule has 0 atom stereocenters. The molecule has 2 heterocycles.